The largest absolute Gasteiger partial charge is 0.389 e. The lowest BCUT2D eigenvalue weighted by Crippen LogP contribution is -2.10. The first-order valence-corrected chi connectivity index (χ1v) is 7.17. The van der Waals surface area contributed by atoms with Crippen LogP contribution in [0.4, 0.5) is 4.39 Å². The lowest BCUT2D eigenvalue weighted by atomic mass is 10.1. The number of hydrogen-bond donors (Lipinski definition) is 1. The highest BCUT2D eigenvalue weighted by molar-refractivity contribution is 9.10. The molecule has 0 amide bonds. The van der Waals surface area contributed by atoms with Gasteiger partial charge in [0.2, 0.25) is 0 Å². The quantitative estimate of drug-likeness (QED) is 0.826. The molecular weight excluding hydrogens is 341 g/mol. The molecule has 0 saturated heterocycles. The van der Waals surface area contributed by atoms with Crippen molar-refractivity contribution in [3.05, 3.63) is 69.4 Å². The molecule has 0 bridgehead atoms. The van der Waals surface area contributed by atoms with Crippen LogP contribution in [0, 0.1) is 5.82 Å². The molecule has 0 heterocycles. The summed E-state index contributed by atoms with van der Waals surface area (Å²) in [4.78, 5) is 0.248. The van der Waals surface area contributed by atoms with E-state index in [2.05, 4.69) is 15.9 Å². The summed E-state index contributed by atoms with van der Waals surface area (Å²) in [6.07, 6.45) is 0. The van der Waals surface area contributed by atoms with E-state index in [4.69, 9.17) is 22.7 Å². The van der Waals surface area contributed by atoms with Crippen LogP contribution in [-0.2, 0) is 18.0 Å². The number of benzene rings is 2. The van der Waals surface area contributed by atoms with E-state index in [0.29, 0.717) is 17.7 Å². The van der Waals surface area contributed by atoms with Crippen molar-refractivity contribution in [2.75, 3.05) is 0 Å². The normalized spacial score (nSPS) is 10.5. The Labute approximate surface area is 130 Å². The Morgan fingerprint density at radius 1 is 1.20 bits per heavy atom. The number of ether oxygens (including phenoxy) is 1. The molecule has 0 aliphatic carbocycles. The number of rotatable bonds is 5. The Hall–Kier alpha value is -1.30. The van der Waals surface area contributed by atoms with E-state index in [0.717, 1.165) is 10.0 Å². The maximum absolute atomic E-state index is 13.7. The van der Waals surface area contributed by atoms with Crippen molar-refractivity contribution in [1.29, 1.82) is 0 Å². The third-order valence-electron chi connectivity index (χ3n) is 2.75. The summed E-state index contributed by atoms with van der Waals surface area (Å²) in [5.41, 5.74) is 7.64. The van der Waals surface area contributed by atoms with Gasteiger partial charge in [0, 0.05) is 15.6 Å². The van der Waals surface area contributed by atoms with E-state index in [1.54, 1.807) is 12.1 Å². The summed E-state index contributed by atoms with van der Waals surface area (Å²) in [5.74, 6) is -0.320. The van der Waals surface area contributed by atoms with Crippen LogP contribution in [0.5, 0.6) is 0 Å². The monoisotopic (exact) mass is 353 g/mol. The molecule has 0 radical (unpaired) electrons. The van der Waals surface area contributed by atoms with Crippen LogP contribution in [-0.4, -0.2) is 4.99 Å². The van der Waals surface area contributed by atoms with Crippen molar-refractivity contribution in [1.82, 2.24) is 0 Å². The van der Waals surface area contributed by atoms with Crippen LogP contribution in [0.2, 0.25) is 0 Å². The molecule has 0 saturated carbocycles. The van der Waals surface area contributed by atoms with Crippen LogP contribution in [0.15, 0.2) is 46.9 Å². The summed E-state index contributed by atoms with van der Waals surface area (Å²) in [6.45, 7) is 0.588. The van der Waals surface area contributed by atoms with Gasteiger partial charge in [-0.3, -0.25) is 0 Å². The molecule has 2 nitrogen and oxygen atoms in total. The third kappa shape index (κ3) is 4.10. The minimum absolute atomic E-state index is 0.175. The van der Waals surface area contributed by atoms with Gasteiger partial charge in [0.05, 0.1) is 13.2 Å². The Morgan fingerprint density at radius 3 is 2.70 bits per heavy atom. The Balaban J connectivity index is 2.00. The van der Waals surface area contributed by atoms with Gasteiger partial charge >= 0.3 is 0 Å². The van der Waals surface area contributed by atoms with E-state index >= 15 is 0 Å². The lowest BCUT2D eigenvalue weighted by Gasteiger charge is -2.08. The highest BCUT2D eigenvalue weighted by Gasteiger charge is 2.06. The number of nitrogens with two attached hydrogens (primary N) is 1. The first-order chi connectivity index (χ1) is 9.56. The number of hydrogen-bond acceptors (Lipinski definition) is 2. The van der Waals surface area contributed by atoms with Crippen molar-refractivity contribution in [2.45, 2.75) is 13.2 Å². The average Bonchev–Trinajstić information content (AvgIpc) is 2.40. The molecule has 2 aromatic carbocycles. The minimum atomic E-state index is -0.320. The first kappa shape index (κ1) is 15.1. The van der Waals surface area contributed by atoms with Crippen molar-refractivity contribution < 1.29 is 9.13 Å². The lowest BCUT2D eigenvalue weighted by molar-refractivity contribution is 0.105. The highest BCUT2D eigenvalue weighted by atomic mass is 79.9. The first-order valence-electron chi connectivity index (χ1n) is 5.96. The molecule has 0 fully saturated rings. The van der Waals surface area contributed by atoms with Gasteiger partial charge < -0.3 is 10.5 Å². The zero-order valence-corrected chi connectivity index (χ0v) is 13.0. The molecule has 2 rings (SSSR count). The van der Waals surface area contributed by atoms with E-state index in [1.165, 1.54) is 6.07 Å². The molecule has 5 heteroatoms. The van der Waals surface area contributed by atoms with Crippen LogP contribution < -0.4 is 5.73 Å². The standard InChI is InChI=1S/C15H13BrFNOS/c16-13-3-1-2-10(6-13)8-19-9-12-7-11(15(18)20)4-5-14(12)17/h1-7H,8-9H2,(H2,18,20). The summed E-state index contributed by atoms with van der Waals surface area (Å²) in [6, 6.07) is 12.3. The predicted octanol–water partition coefficient (Wildman–Crippen LogP) is 3.94. The molecule has 0 spiro atoms. The van der Waals surface area contributed by atoms with Gasteiger partial charge in [-0.1, -0.05) is 40.3 Å². The molecular formula is C15H13BrFNOS. The summed E-state index contributed by atoms with van der Waals surface area (Å²) >= 11 is 8.27. The summed E-state index contributed by atoms with van der Waals surface area (Å²) in [5, 5.41) is 0. The van der Waals surface area contributed by atoms with Crippen molar-refractivity contribution in [2.24, 2.45) is 5.73 Å². The van der Waals surface area contributed by atoms with Crippen molar-refractivity contribution in [3.63, 3.8) is 0 Å². The van der Waals surface area contributed by atoms with Crippen molar-refractivity contribution in [3.8, 4) is 0 Å². The molecule has 0 aliphatic rings. The van der Waals surface area contributed by atoms with Gasteiger partial charge in [-0.25, -0.2) is 4.39 Å². The van der Waals surface area contributed by atoms with Crippen molar-refractivity contribution >= 4 is 33.1 Å². The number of halogens is 2. The topological polar surface area (TPSA) is 35.2 Å². The smallest absolute Gasteiger partial charge is 0.128 e. The predicted molar refractivity (Wildman–Crippen MR) is 84.9 cm³/mol. The van der Waals surface area contributed by atoms with E-state index in [1.807, 2.05) is 24.3 Å². The zero-order valence-electron chi connectivity index (χ0n) is 10.6. The molecule has 0 aromatic heterocycles. The molecule has 2 N–H and O–H groups in total. The highest BCUT2D eigenvalue weighted by Crippen LogP contribution is 2.15. The second-order valence-corrected chi connectivity index (χ2v) is 5.65. The number of thiocarbonyl (C=S) groups is 1. The Morgan fingerprint density at radius 2 is 2.00 bits per heavy atom. The molecule has 2 aromatic rings. The van der Waals surface area contributed by atoms with Gasteiger partial charge in [0.25, 0.3) is 0 Å². The maximum Gasteiger partial charge on any atom is 0.128 e. The fraction of sp³-hybridized carbons (Fsp3) is 0.133. The molecule has 0 atom stereocenters. The van der Waals surface area contributed by atoms with Crippen LogP contribution in [0.1, 0.15) is 16.7 Å². The fourth-order valence-electron chi connectivity index (χ4n) is 1.74. The summed E-state index contributed by atoms with van der Waals surface area (Å²) in [7, 11) is 0. The Kier molecular flexibility index (Phi) is 5.23. The molecule has 0 unspecified atom stereocenters. The van der Waals surface area contributed by atoms with Gasteiger partial charge in [0.1, 0.15) is 10.8 Å². The minimum Gasteiger partial charge on any atom is -0.389 e. The van der Waals surface area contributed by atoms with Crippen LogP contribution in [0.25, 0.3) is 0 Å². The molecule has 20 heavy (non-hydrogen) atoms. The molecule has 0 aliphatic heterocycles. The van der Waals surface area contributed by atoms with E-state index < -0.39 is 0 Å². The van der Waals surface area contributed by atoms with Crippen LogP contribution in [0.3, 0.4) is 0 Å². The maximum atomic E-state index is 13.7. The van der Waals surface area contributed by atoms with E-state index in [9.17, 15) is 4.39 Å². The summed E-state index contributed by atoms with van der Waals surface area (Å²) < 4.78 is 20.2. The second-order valence-electron chi connectivity index (χ2n) is 4.29. The molecule has 104 valence electrons. The fourth-order valence-corrected chi connectivity index (χ4v) is 2.32. The van der Waals surface area contributed by atoms with Gasteiger partial charge in [-0.05, 0) is 35.9 Å². The van der Waals surface area contributed by atoms with Gasteiger partial charge in [-0.2, -0.15) is 0 Å². The average molecular weight is 354 g/mol. The van der Waals surface area contributed by atoms with Gasteiger partial charge in [0.15, 0.2) is 0 Å². The zero-order chi connectivity index (χ0) is 14.5. The second kappa shape index (κ2) is 6.92. The van der Waals surface area contributed by atoms with Gasteiger partial charge in [-0.15, -0.1) is 0 Å². The third-order valence-corrected chi connectivity index (χ3v) is 3.47. The Bertz CT molecular complexity index is 633. The van der Waals surface area contributed by atoms with Crippen LogP contribution >= 0.6 is 28.1 Å². The SMILES string of the molecule is NC(=S)c1ccc(F)c(COCc2cccc(Br)c2)c1. The van der Waals surface area contributed by atoms with E-state index in [-0.39, 0.29) is 17.4 Å².